The maximum Gasteiger partial charge on any atom is 0.416 e. The van der Waals surface area contributed by atoms with Gasteiger partial charge in [-0.2, -0.15) is 13.2 Å². The summed E-state index contributed by atoms with van der Waals surface area (Å²) in [5.41, 5.74) is 0.850. The van der Waals surface area contributed by atoms with Gasteiger partial charge in [-0.3, -0.25) is 14.8 Å². The van der Waals surface area contributed by atoms with Crippen molar-refractivity contribution in [2.75, 3.05) is 5.32 Å². The molecule has 3 heterocycles. The van der Waals surface area contributed by atoms with Crippen LogP contribution in [0.1, 0.15) is 18.9 Å². The van der Waals surface area contributed by atoms with Crippen LogP contribution in [-0.2, 0) is 11.0 Å². The van der Waals surface area contributed by atoms with Crippen LogP contribution < -0.4 is 5.32 Å². The van der Waals surface area contributed by atoms with Crippen LogP contribution >= 0.6 is 11.6 Å². The van der Waals surface area contributed by atoms with Crippen LogP contribution in [0.5, 0.6) is 0 Å². The molecular formula is C22H16ClF3N6O. The predicted octanol–water partition coefficient (Wildman–Crippen LogP) is 5.41. The number of benzene rings is 1. The van der Waals surface area contributed by atoms with Gasteiger partial charge < -0.3 is 5.32 Å². The molecule has 7 nitrogen and oxygen atoms in total. The quantitative estimate of drug-likeness (QED) is 0.419. The summed E-state index contributed by atoms with van der Waals surface area (Å²) in [5.74, 6) is 0.484. The second kappa shape index (κ2) is 8.99. The van der Waals surface area contributed by atoms with Gasteiger partial charge in [0, 0.05) is 42.2 Å². The zero-order valence-electron chi connectivity index (χ0n) is 17.1. The molecule has 0 aliphatic carbocycles. The van der Waals surface area contributed by atoms with Crippen molar-refractivity contribution in [1.29, 1.82) is 0 Å². The Hall–Kier alpha value is -3.79. The van der Waals surface area contributed by atoms with Gasteiger partial charge in [0.05, 0.1) is 22.5 Å². The van der Waals surface area contributed by atoms with Crippen LogP contribution in [0.25, 0.3) is 28.3 Å². The summed E-state index contributed by atoms with van der Waals surface area (Å²) in [6.07, 6.45) is 1.86. The number of hydrogen-bond donors (Lipinski definition) is 1. The lowest BCUT2D eigenvalue weighted by molar-refractivity contribution is -0.137. The molecule has 0 aliphatic rings. The van der Waals surface area contributed by atoms with E-state index < -0.39 is 11.7 Å². The number of pyridine rings is 1. The van der Waals surface area contributed by atoms with Crippen LogP contribution in [0.3, 0.4) is 0 Å². The molecule has 1 N–H and O–H groups in total. The highest BCUT2D eigenvalue weighted by Gasteiger charge is 2.30. The molecule has 0 spiro atoms. The first-order valence-electron chi connectivity index (χ1n) is 9.76. The van der Waals surface area contributed by atoms with Gasteiger partial charge in [-0.15, -0.1) is 5.10 Å². The number of halogens is 4. The molecule has 0 radical (unpaired) electrons. The van der Waals surface area contributed by atoms with E-state index in [9.17, 15) is 18.0 Å². The lowest BCUT2D eigenvalue weighted by Gasteiger charge is -2.13. The molecule has 0 fully saturated rings. The summed E-state index contributed by atoms with van der Waals surface area (Å²) in [7, 11) is 0. The third kappa shape index (κ3) is 4.85. The van der Waals surface area contributed by atoms with Crippen molar-refractivity contribution < 1.29 is 18.0 Å². The maximum atomic E-state index is 13.0. The second-order valence-corrected chi connectivity index (χ2v) is 7.31. The number of carbonyl (C=O) groups excluding carboxylic acids is 1. The number of aromatic nitrogens is 5. The highest BCUT2D eigenvalue weighted by Crippen LogP contribution is 2.35. The zero-order valence-corrected chi connectivity index (χ0v) is 17.9. The predicted molar refractivity (Wildman–Crippen MR) is 117 cm³/mol. The molecule has 4 rings (SSSR count). The van der Waals surface area contributed by atoms with E-state index in [-0.39, 0.29) is 5.91 Å². The second-order valence-electron chi connectivity index (χ2n) is 6.90. The van der Waals surface area contributed by atoms with E-state index in [0.29, 0.717) is 45.6 Å². The Bertz CT molecular complexity index is 1300. The number of nitrogens with zero attached hydrogens (tertiary/aromatic N) is 5. The van der Waals surface area contributed by atoms with E-state index in [2.05, 4.69) is 25.4 Å². The largest absolute Gasteiger partial charge is 0.416 e. The Kier molecular flexibility index (Phi) is 6.10. The van der Waals surface area contributed by atoms with E-state index in [1.807, 2.05) is 0 Å². The highest BCUT2D eigenvalue weighted by atomic mass is 35.5. The maximum absolute atomic E-state index is 13.0. The number of hydrogen-bond acceptors (Lipinski definition) is 5. The van der Waals surface area contributed by atoms with E-state index in [1.165, 1.54) is 35.4 Å². The smallest absolute Gasteiger partial charge is 0.309 e. The highest BCUT2D eigenvalue weighted by molar-refractivity contribution is 6.33. The molecule has 1 amide bonds. The van der Waals surface area contributed by atoms with Gasteiger partial charge in [0.1, 0.15) is 5.69 Å². The monoisotopic (exact) mass is 472 g/mol. The minimum absolute atomic E-state index is 0.187. The summed E-state index contributed by atoms with van der Waals surface area (Å²) < 4.78 is 40.4. The molecule has 0 bridgehead atoms. The molecule has 0 atom stereocenters. The van der Waals surface area contributed by atoms with Gasteiger partial charge in [-0.05, 0) is 18.2 Å². The van der Waals surface area contributed by atoms with Crippen molar-refractivity contribution in [2.24, 2.45) is 0 Å². The number of carbonyl (C=O) groups is 1. The van der Waals surface area contributed by atoms with Gasteiger partial charge in [0.15, 0.2) is 11.6 Å². The van der Waals surface area contributed by atoms with E-state index in [0.717, 1.165) is 12.1 Å². The third-order valence-corrected chi connectivity index (χ3v) is 4.99. The standard InChI is InChI=1S/C22H16ClF3N6O/c1-2-19(33)29-17-8-10-32(31-17)18-12-28-20(13-3-5-14(6-4-13)22(24,25)26)21(30-18)15-7-9-27-11-16(15)23/h3-12H,2H2,1H3,(H,29,31,33). The first-order valence-corrected chi connectivity index (χ1v) is 10.1. The fourth-order valence-corrected chi connectivity index (χ4v) is 3.23. The molecular weight excluding hydrogens is 457 g/mol. The van der Waals surface area contributed by atoms with Gasteiger partial charge in [-0.1, -0.05) is 30.7 Å². The Morgan fingerprint density at radius 3 is 2.52 bits per heavy atom. The average molecular weight is 473 g/mol. The lowest BCUT2D eigenvalue weighted by atomic mass is 10.0. The first kappa shape index (κ1) is 22.4. The van der Waals surface area contributed by atoms with Crippen molar-refractivity contribution in [3.8, 4) is 28.3 Å². The minimum atomic E-state index is -4.45. The van der Waals surface area contributed by atoms with Gasteiger partial charge in [0.2, 0.25) is 5.91 Å². The van der Waals surface area contributed by atoms with Crippen molar-refractivity contribution in [2.45, 2.75) is 19.5 Å². The Labute approximate surface area is 191 Å². The van der Waals surface area contributed by atoms with Crippen LogP contribution in [0.15, 0.2) is 61.2 Å². The van der Waals surface area contributed by atoms with Crippen LogP contribution in [0, 0.1) is 0 Å². The third-order valence-electron chi connectivity index (χ3n) is 4.69. The van der Waals surface area contributed by atoms with E-state index in [4.69, 9.17) is 11.6 Å². The van der Waals surface area contributed by atoms with E-state index >= 15 is 0 Å². The zero-order chi connectivity index (χ0) is 23.6. The lowest BCUT2D eigenvalue weighted by Crippen LogP contribution is -2.10. The number of nitrogens with one attached hydrogen (secondary N) is 1. The normalized spacial score (nSPS) is 11.4. The molecule has 1 aromatic carbocycles. The number of anilines is 1. The first-order chi connectivity index (χ1) is 15.8. The SMILES string of the molecule is CCC(=O)Nc1ccn(-c2cnc(-c3ccc(C(F)(F)F)cc3)c(-c3ccncc3Cl)n2)n1. The molecule has 3 aromatic heterocycles. The molecule has 0 saturated carbocycles. The average Bonchev–Trinajstić information content (AvgIpc) is 3.27. The van der Waals surface area contributed by atoms with Gasteiger partial charge in [-0.25, -0.2) is 9.67 Å². The number of rotatable bonds is 5. The molecule has 0 saturated heterocycles. The van der Waals surface area contributed by atoms with Crippen LogP contribution in [0.2, 0.25) is 5.02 Å². The summed E-state index contributed by atoms with van der Waals surface area (Å²) in [6, 6.07) is 7.88. The fraction of sp³-hybridized carbons (Fsp3) is 0.136. The summed E-state index contributed by atoms with van der Waals surface area (Å²) in [5, 5.41) is 7.23. The molecule has 11 heteroatoms. The Morgan fingerprint density at radius 1 is 1.09 bits per heavy atom. The van der Waals surface area contributed by atoms with E-state index in [1.54, 1.807) is 25.3 Å². The Balaban J connectivity index is 1.80. The van der Waals surface area contributed by atoms with Gasteiger partial charge in [0.25, 0.3) is 0 Å². The van der Waals surface area contributed by atoms with Crippen LogP contribution in [0.4, 0.5) is 19.0 Å². The number of alkyl halides is 3. The molecule has 33 heavy (non-hydrogen) atoms. The topological polar surface area (TPSA) is 85.6 Å². The van der Waals surface area contributed by atoms with Gasteiger partial charge >= 0.3 is 6.18 Å². The minimum Gasteiger partial charge on any atom is -0.309 e. The molecule has 168 valence electrons. The summed E-state index contributed by atoms with van der Waals surface area (Å²) in [6.45, 7) is 1.72. The van der Waals surface area contributed by atoms with Crippen molar-refractivity contribution in [3.63, 3.8) is 0 Å². The van der Waals surface area contributed by atoms with Crippen molar-refractivity contribution in [1.82, 2.24) is 24.7 Å². The molecule has 0 unspecified atom stereocenters. The van der Waals surface area contributed by atoms with Crippen LogP contribution in [-0.4, -0.2) is 30.6 Å². The summed E-state index contributed by atoms with van der Waals surface area (Å²) >= 11 is 6.33. The molecule has 4 aromatic rings. The van der Waals surface area contributed by atoms with Crippen molar-refractivity contribution in [3.05, 3.63) is 71.8 Å². The van der Waals surface area contributed by atoms with Crippen molar-refractivity contribution >= 4 is 23.3 Å². The molecule has 0 aliphatic heterocycles. The Morgan fingerprint density at radius 2 is 1.85 bits per heavy atom. The fourth-order valence-electron chi connectivity index (χ4n) is 3.02. The number of amides is 1. The summed E-state index contributed by atoms with van der Waals surface area (Å²) in [4.78, 5) is 24.7.